The highest BCUT2D eigenvalue weighted by Crippen LogP contribution is 2.24. The van der Waals surface area contributed by atoms with Gasteiger partial charge in [0.1, 0.15) is 5.82 Å². The molecule has 0 aliphatic rings. The van der Waals surface area contributed by atoms with Gasteiger partial charge in [0.15, 0.2) is 11.6 Å². The molecule has 2 aromatic rings. The van der Waals surface area contributed by atoms with E-state index in [-0.39, 0.29) is 10.0 Å². The molecule has 0 aromatic heterocycles. The van der Waals surface area contributed by atoms with Crippen LogP contribution < -0.4 is 0 Å². The highest BCUT2D eigenvalue weighted by Gasteiger charge is 2.20. The molecule has 0 radical (unpaired) electrons. The summed E-state index contributed by atoms with van der Waals surface area (Å²) in [6.45, 7) is 1.87. The van der Waals surface area contributed by atoms with Gasteiger partial charge in [0.2, 0.25) is 0 Å². The third kappa shape index (κ3) is 2.34. The summed E-state index contributed by atoms with van der Waals surface area (Å²) >= 11 is 2.94. The van der Waals surface area contributed by atoms with E-state index in [0.717, 1.165) is 11.6 Å². The zero-order valence-corrected chi connectivity index (χ0v) is 11.1. The van der Waals surface area contributed by atoms with Crippen molar-refractivity contribution in [3.05, 3.63) is 69.2 Å². The summed E-state index contributed by atoms with van der Waals surface area (Å²) < 4.78 is 27.4. The maximum atomic E-state index is 13.8. The predicted molar refractivity (Wildman–Crippen MR) is 68.7 cm³/mol. The number of benzene rings is 2. The van der Waals surface area contributed by atoms with Crippen molar-refractivity contribution in [3.63, 3.8) is 0 Å². The molecular formula is C14H9BrF2O. The van der Waals surface area contributed by atoms with Crippen molar-refractivity contribution in [2.45, 2.75) is 6.92 Å². The van der Waals surface area contributed by atoms with Crippen LogP contribution in [0.2, 0.25) is 0 Å². The van der Waals surface area contributed by atoms with Crippen molar-refractivity contribution in [2.75, 3.05) is 0 Å². The molecule has 0 atom stereocenters. The quantitative estimate of drug-likeness (QED) is 0.598. The van der Waals surface area contributed by atoms with Crippen molar-refractivity contribution in [2.24, 2.45) is 0 Å². The van der Waals surface area contributed by atoms with Crippen LogP contribution in [0.4, 0.5) is 8.78 Å². The van der Waals surface area contributed by atoms with Crippen LogP contribution in [0.3, 0.4) is 0 Å². The second-order valence-electron chi connectivity index (χ2n) is 3.91. The van der Waals surface area contributed by atoms with Crippen LogP contribution in [0.5, 0.6) is 0 Å². The van der Waals surface area contributed by atoms with Crippen molar-refractivity contribution < 1.29 is 13.6 Å². The van der Waals surface area contributed by atoms with E-state index in [1.807, 2.05) is 6.92 Å². The first-order valence-electron chi connectivity index (χ1n) is 5.25. The molecule has 18 heavy (non-hydrogen) atoms. The Morgan fingerprint density at radius 2 is 1.67 bits per heavy atom. The van der Waals surface area contributed by atoms with Crippen LogP contribution in [-0.4, -0.2) is 5.78 Å². The largest absolute Gasteiger partial charge is 0.288 e. The lowest BCUT2D eigenvalue weighted by molar-refractivity contribution is 0.103. The lowest BCUT2D eigenvalue weighted by Gasteiger charge is -2.06. The summed E-state index contributed by atoms with van der Waals surface area (Å²) in [5, 5.41) is 0. The van der Waals surface area contributed by atoms with Crippen LogP contribution in [0.25, 0.3) is 0 Å². The van der Waals surface area contributed by atoms with Gasteiger partial charge in [-0.05, 0) is 35.0 Å². The number of aryl methyl sites for hydroxylation is 1. The number of rotatable bonds is 2. The van der Waals surface area contributed by atoms with Crippen molar-refractivity contribution in [1.29, 1.82) is 0 Å². The fourth-order valence-corrected chi connectivity index (χ4v) is 1.91. The molecule has 0 saturated carbocycles. The maximum absolute atomic E-state index is 13.8. The summed E-state index contributed by atoms with van der Waals surface area (Å²) in [6, 6.07) is 8.85. The van der Waals surface area contributed by atoms with Gasteiger partial charge in [0.05, 0.1) is 10.0 Å². The Morgan fingerprint density at radius 3 is 2.28 bits per heavy atom. The molecule has 2 aromatic carbocycles. The average Bonchev–Trinajstić information content (AvgIpc) is 2.35. The molecule has 0 aliphatic heterocycles. The summed E-state index contributed by atoms with van der Waals surface area (Å²) in [4.78, 5) is 12.1. The lowest BCUT2D eigenvalue weighted by Crippen LogP contribution is -2.08. The van der Waals surface area contributed by atoms with E-state index >= 15 is 0 Å². The van der Waals surface area contributed by atoms with Gasteiger partial charge in [-0.25, -0.2) is 8.78 Å². The molecule has 0 aliphatic carbocycles. The predicted octanol–water partition coefficient (Wildman–Crippen LogP) is 4.27. The van der Waals surface area contributed by atoms with E-state index in [4.69, 9.17) is 0 Å². The second kappa shape index (κ2) is 4.98. The minimum atomic E-state index is -0.874. The molecule has 0 bridgehead atoms. The van der Waals surface area contributed by atoms with Crippen molar-refractivity contribution in [3.8, 4) is 0 Å². The topological polar surface area (TPSA) is 17.1 Å². The number of hydrogen-bond acceptors (Lipinski definition) is 1. The first kappa shape index (κ1) is 12.9. The van der Waals surface area contributed by atoms with E-state index in [1.54, 1.807) is 24.3 Å². The third-order valence-electron chi connectivity index (χ3n) is 2.58. The SMILES string of the molecule is Cc1ccc(C(=O)c2c(F)ccc(Br)c2F)cc1. The third-order valence-corrected chi connectivity index (χ3v) is 3.20. The van der Waals surface area contributed by atoms with Gasteiger partial charge >= 0.3 is 0 Å². The summed E-state index contributed by atoms with van der Waals surface area (Å²) in [7, 11) is 0. The Hall–Kier alpha value is -1.55. The van der Waals surface area contributed by atoms with Gasteiger partial charge in [-0.3, -0.25) is 4.79 Å². The van der Waals surface area contributed by atoms with Gasteiger partial charge in [-0.15, -0.1) is 0 Å². The molecule has 92 valence electrons. The van der Waals surface area contributed by atoms with Crippen LogP contribution in [0.15, 0.2) is 40.9 Å². The van der Waals surface area contributed by atoms with Crippen molar-refractivity contribution >= 4 is 21.7 Å². The number of ketones is 1. The zero-order chi connectivity index (χ0) is 13.3. The smallest absolute Gasteiger partial charge is 0.198 e. The highest BCUT2D eigenvalue weighted by molar-refractivity contribution is 9.10. The fraction of sp³-hybridized carbons (Fsp3) is 0.0714. The molecule has 4 heteroatoms. The molecule has 0 fully saturated rings. The molecule has 0 spiro atoms. The molecule has 0 amide bonds. The van der Waals surface area contributed by atoms with Crippen LogP contribution in [-0.2, 0) is 0 Å². The van der Waals surface area contributed by atoms with E-state index in [2.05, 4.69) is 15.9 Å². The fourth-order valence-electron chi connectivity index (χ4n) is 1.58. The Bertz CT molecular complexity index is 606. The summed E-state index contributed by atoms with van der Waals surface area (Å²) in [5.41, 5.74) is 0.700. The van der Waals surface area contributed by atoms with Gasteiger partial charge in [-0.2, -0.15) is 0 Å². The molecule has 0 N–H and O–H groups in total. The minimum Gasteiger partial charge on any atom is -0.288 e. The minimum absolute atomic E-state index is 0.0689. The van der Waals surface area contributed by atoms with Crippen molar-refractivity contribution in [1.82, 2.24) is 0 Å². The van der Waals surface area contributed by atoms with E-state index in [1.165, 1.54) is 6.07 Å². The first-order valence-corrected chi connectivity index (χ1v) is 6.05. The number of carbonyl (C=O) groups excluding carboxylic acids is 1. The van der Waals surface area contributed by atoms with E-state index < -0.39 is 23.0 Å². The Kier molecular flexibility index (Phi) is 3.57. The Labute approximate surface area is 112 Å². The van der Waals surface area contributed by atoms with Crippen LogP contribution in [0, 0.1) is 18.6 Å². The normalized spacial score (nSPS) is 10.4. The van der Waals surface area contributed by atoms with Gasteiger partial charge in [0, 0.05) is 5.56 Å². The average molecular weight is 311 g/mol. The molecular weight excluding hydrogens is 302 g/mol. The molecule has 0 saturated heterocycles. The molecule has 0 unspecified atom stereocenters. The highest BCUT2D eigenvalue weighted by atomic mass is 79.9. The van der Waals surface area contributed by atoms with Gasteiger partial charge < -0.3 is 0 Å². The Morgan fingerprint density at radius 1 is 1.06 bits per heavy atom. The molecule has 1 nitrogen and oxygen atoms in total. The summed E-state index contributed by atoms with van der Waals surface area (Å²) in [5.74, 6) is -2.40. The van der Waals surface area contributed by atoms with Crippen LogP contribution >= 0.6 is 15.9 Å². The number of carbonyl (C=O) groups is 1. The van der Waals surface area contributed by atoms with Gasteiger partial charge in [-0.1, -0.05) is 29.8 Å². The second-order valence-corrected chi connectivity index (χ2v) is 4.77. The summed E-state index contributed by atoms with van der Waals surface area (Å²) in [6.07, 6.45) is 0. The number of halogens is 3. The van der Waals surface area contributed by atoms with Crippen LogP contribution in [0.1, 0.15) is 21.5 Å². The number of hydrogen-bond donors (Lipinski definition) is 0. The molecule has 2 rings (SSSR count). The maximum Gasteiger partial charge on any atom is 0.198 e. The Balaban J connectivity index is 2.52. The lowest BCUT2D eigenvalue weighted by atomic mass is 10.0. The first-order chi connectivity index (χ1) is 8.50. The molecule has 0 heterocycles. The van der Waals surface area contributed by atoms with E-state index in [9.17, 15) is 13.6 Å². The standard InChI is InChI=1S/C14H9BrF2O/c1-8-2-4-9(5-3-8)14(18)12-11(16)7-6-10(15)13(12)17/h2-7H,1H3. The monoisotopic (exact) mass is 310 g/mol. The van der Waals surface area contributed by atoms with E-state index in [0.29, 0.717) is 0 Å². The van der Waals surface area contributed by atoms with Gasteiger partial charge in [0.25, 0.3) is 0 Å². The zero-order valence-electron chi connectivity index (χ0n) is 9.51.